The fourth-order valence-corrected chi connectivity index (χ4v) is 5.06. The van der Waals surface area contributed by atoms with Crippen LogP contribution >= 0.6 is 12.4 Å². The van der Waals surface area contributed by atoms with Crippen molar-refractivity contribution in [1.82, 2.24) is 9.88 Å². The average molecular weight is 452 g/mol. The number of rotatable bonds is 7. The van der Waals surface area contributed by atoms with E-state index in [-0.39, 0.29) is 12.4 Å². The number of hydrogen-bond acceptors (Lipinski definition) is 4. The Morgan fingerprint density at radius 1 is 1.22 bits per heavy atom. The van der Waals surface area contributed by atoms with Crippen LogP contribution in [-0.2, 0) is 12.8 Å². The number of fused-ring (bicyclic) bond motifs is 2. The van der Waals surface area contributed by atoms with E-state index in [0.717, 1.165) is 55.0 Å². The lowest BCUT2D eigenvalue weighted by atomic mass is 9.88. The van der Waals surface area contributed by atoms with Crippen LogP contribution in [0.2, 0.25) is 0 Å². The molecule has 168 valence electrons. The summed E-state index contributed by atoms with van der Waals surface area (Å²) in [5.41, 5.74) is 4.32. The van der Waals surface area contributed by atoms with Crippen molar-refractivity contribution in [1.29, 1.82) is 5.26 Å². The minimum atomic E-state index is 0. The van der Waals surface area contributed by atoms with Crippen molar-refractivity contribution in [2.75, 3.05) is 20.3 Å². The highest BCUT2D eigenvalue weighted by Gasteiger charge is 2.34. The van der Waals surface area contributed by atoms with Gasteiger partial charge in [-0.2, -0.15) is 5.26 Å². The number of nitrogens with zero attached hydrogens (tertiary/aromatic N) is 2. The van der Waals surface area contributed by atoms with E-state index in [2.05, 4.69) is 22.1 Å². The molecule has 6 heteroatoms. The Bertz CT molecular complexity index is 1100. The van der Waals surface area contributed by atoms with Gasteiger partial charge in [0.1, 0.15) is 18.1 Å². The molecule has 0 spiro atoms. The van der Waals surface area contributed by atoms with Gasteiger partial charge in [-0.1, -0.05) is 12.5 Å². The Balaban J connectivity index is 0.00000245. The quantitative estimate of drug-likeness (QED) is 0.532. The summed E-state index contributed by atoms with van der Waals surface area (Å²) >= 11 is 0. The van der Waals surface area contributed by atoms with E-state index < -0.39 is 0 Å². The number of nitrogens with one attached hydrogen (secondary N) is 1. The van der Waals surface area contributed by atoms with E-state index >= 15 is 0 Å². The van der Waals surface area contributed by atoms with Crippen LogP contribution in [0.3, 0.4) is 0 Å². The smallest absolute Gasteiger partial charge is 0.126 e. The third-order valence-corrected chi connectivity index (χ3v) is 6.95. The van der Waals surface area contributed by atoms with Crippen molar-refractivity contribution in [3.05, 3.63) is 59.3 Å². The van der Waals surface area contributed by atoms with Gasteiger partial charge in [0, 0.05) is 34.7 Å². The summed E-state index contributed by atoms with van der Waals surface area (Å²) in [5.74, 6) is 1.90. The van der Waals surface area contributed by atoms with Gasteiger partial charge in [-0.3, -0.25) is 4.90 Å². The number of hydrogen-bond donors (Lipinski definition) is 1. The number of benzene rings is 2. The number of aryl methyl sites for hydroxylation is 1. The van der Waals surface area contributed by atoms with Gasteiger partial charge in [0.2, 0.25) is 0 Å². The lowest BCUT2D eigenvalue weighted by Crippen LogP contribution is -2.51. The summed E-state index contributed by atoms with van der Waals surface area (Å²) in [4.78, 5) is 6.04. The summed E-state index contributed by atoms with van der Waals surface area (Å²) < 4.78 is 11.8. The Morgan fingerprint density at radius 2 is 2.09 bits per heavy atom. The van der Waals surface area contributed by atoms with Crippen molar-refractivity contribution < 1.29 is 9.47 Å². The second kappa shape index (κ2) is 9.85. The molecule has 2 aromatic carbocycles. The third kappa shape index (κ3) is 4.30. The largest absolute Gasteiger partial charge is 0.496 e. The molecule has 1 aliphatic heterocycles. The number of H-pyrrole nitrogens is 1. The molecule has 5 rings (SSSR count). The first-order valence-corrected chi connectivity index (χ1v) is 11.3. The highest BCUT2D eigenvalue weighted by Crippen LogP contribution is 2.36. The molecule has 2 aliphatic rings. The van der Waals surface area contributed by atoms with Gasteiger partial charge in [0.05, 0.1) is 18.7 Å². The molecule has 1 unspecified atom stereocenters. The van der Waals surface area contributed by atoms with Gasteiger partial charge >= 0.3 is 0 Å². The maximum absolute atomic E-state index is 9.23. The first kappa shape index (κ1) is 22.5. The summed E-state index contributed by atoms with van der Waals surface area (Å²) in [5, 5.41) is 10.4. The van der Waals surface area contributed by atoms with Crippen LogP contribution in [0.5, 0.6) is 11.5 Å². The van der Waals surface area contributed by atoms with Crippen LogP contribution in [0, 0.1) is 11.3 Å². The Kier molecular flexibility index (Phi) is 6.93. The minimum Gasteiger partial charge on any atom is -0.496 e. The second-order valence-electron chi connectivity index (χ2n) is 8.72. The zero-order chi connectivity index (χ0) is 21.2. The molecule has 1 aromatic heterocycles. The lowest BCUT2D eigenvalue weighted by molar-refractivity contribution is 0.0431. The lowest BCUT2D eigenvalue weighted by Gasteiger charge is -2.44. The molecule has 32 heavy (non-hydrogen) atoms. The van der Waals surface area contributed by atoms with Crippen LogP contribution in [0.15, 0.2) is 42.6 Å². The molecular formula is C26H30ClN3O2. The number of nitriles is 1. The number of aromatic nitrogens is 1. The fourth-order valence-electron chi connectivity index (χ4n) is 5.06. The van der Waals surface area contributed by atoms with Crippen LogP contribution < -0.4 is 9.47 Å². The van der Waals surface area contributed by atoms with E-state index in [1.54, 1.807) is 7.11 Å². The first-order chi connectivity index (χ1) is 15.3. The number of ether oxygens (including phenoxy) is 2. The summed E-state index contributed by atoms with van der Waals surface area (Å²) in [6.07, 6.45) is 9.08. The third-order valence-electron chi connectivity index (χ3n) is 6.95. The van der Waals surface area contributed by atoms with Crippen molar-refractivity contribution in [2.45, 2.75) is 50.6 Å². The highest BCUT2D eigenvalue weighted by atomic mass is 35.5. The van der Waals surface area contributed by atoms with Crippen molar-refractivity contribution >= 4 is 23.3 Å². The minimum absolute atomic E-state index is 0. The van der Waals surface area contributed by atoms with Crippen LogP contribution in [0.25, 0.3) is 10.9 Å². The maximum Gasteiger partial charge on any atom is 0.126 e. The van der Waals surface area contributed by atoms with E-state index in [4.69, 9.17) is 9.47 Å². The molecule has 0 bridgehead atoms. The topological polar surface area (TPSA) is 61.3 Å². The average Bonchev–Trinajstić information content (AvgIpc) is 3.18. The van der Waals surface area contributed by atoms with Crippen LogP contribution in [0.4, 0.5) is 0 Å². The molecule has 1 aliphatic carbocycles. The molecular weight excluding hydrogens is 422 g/mol. The van der Waals surface area contributed by atoms with Gasteiger partial charge in [0.25, 0.3) is 0 Å². The molecule has 1 atom stereocenters. The Hall–Kier alpha value is -2.68. The molecule has 1 fully saturated rings. The molecule has 0 saturated heterocycles. The number of aromatic amines is 1. The molecule has 2 heterocycles. The summed E-state index contributed by atoms with van der Waals surface area (Å²) in [6, 6.07) is 15.3. The van der Waals surface area contributed by atoms with Gasteiger partial charge in [-0.05, 0) is 74.5 Å². The number of methoxy groups -OCH3 is 1. The standard InChI is InChI=1S/C26H29N3O2.ClH/c1-30-25-8-3-9-26-23(25)14-21(17-31-26)29(20-6-2-7-20)12-4-5-19-16-28-24-11-10-18(15-27)13-22(19)24;/h3,8-11,13,16,20-21,28H,2,4-7,12,14,17H2,1H3;1H. The molecule has 1 saturated carbocycles. The fraction of sp³-hybridized carbons (Fsp3) is 0.423. The predicted octanol–water partition coefficient (Wildman–Crippen LogP) is 5.26. The zero-order valence-electron chi connectivity index (χ0n) is 18.5. The summed E-state index contributed by atoms with van der Waals surface area (Å²) in [6.45, 7) is 1.81. The van der Waals surface area contributed by atoms with Gasteiger partial charge in [0.15, 0.2) is 0 Å². The highest BCUT2D eigenvalue weighted by molar-refractivity contribution is 5.85. The molecule has 0 amide bonds. The summed E-state index contributed by atoms with van der Waals surface area (Å²) in [7, 11) is 1.74. The van der Waals surface area contributed by atoms with E-state index in [1.807, 2.05) is 36.4 Å². The Morgan fingerprint density at radius 3 is 2.84 bits per heavy atom. The zero-order valence-corrected chi connectivity index (χ0v) is 19.3. The van der Waals surface area contributed by atoms with Crippen molar-refractivity contribution in [3.8, 4) is 17.6 Å². The molecule has 5 nitrogen and oxygen atoms in total. The first-order valence-electron chi connectivity index (χ1n) is 11.3. The Labute approximate surface area is 195 Å². The monoisotopic (exact) mass is 451 g/mol. The van der Waals surface area contributed by atoms with Crippen molar-refractivity contribution in [3.63, 3.8) is 0 Å². The SMILES string of the molecule is COc1cccc2c1CC(N(CCCc1c[nH]c3ccc(C#N)cc13)C1CCC1)CO2.Cl. The molecule has 1 N–H and O–H groups in total. The number of halogens is 1. The van der Waals surface area contributed by atoms with Gasteiger partial charge < -0.3 is 14.5 Å². The molecule has 3 aromatic rings. The van der Waals surface area contributed by atoms with Gasteiger partial charge in [-0.15, -0.1) is 12.4 Å². The van der Waals surface area contributed by atoms with Crippen molar-refractivity contribution in [2.24, 2.45) is 0 Å². The van der Waals surface area contributed by atoms with Gasteiger partial charge in [-0.25, -0.2) is 0 Å². The molecule has 0 radical (unpaired) electrons. The van der Waals surface area contributed by atoms with E-state index in [9.17, 15) is 5.26 Å². The van der Waals surface area contributed by atoms with Crippen LogP contribution in [0.1, 0.15) is 42.4 Å². The normalized spacial score (nSPS) is 17.7. The van der Waals surface area contributed by atoms with E-state index in [1.165, 1.54) is 35.8 Å². The van der Waals surface area contributed by atoms with Crippen LogP contribution in [-0.4, -0.2) is 42.2 Å². The second-order valence-corrected chi connectivity index (χ2v) is 8.72. The maximum atomic E-state index is 9.23. The van der Waals surface area contributed by atoms with E-state index in [0.29, 0.717) is 12.1 Å². The predicted molar refractivity (Wildman–Crippen MR) is 129 cm³/mol.